The molecular weight excluding hydrogens is 312 g/mol. The molecule has 1 fully saturated rings. The summed E-state index contributed by atoms with van der Waals surface area (Å²) in [5, 5.41) is 2.89. The van der Waals surface area contributed by atoms with E-state index in [1.807, 2.05) is 19.1 Å². The zero-order valence-electron chi connectivity index (χ0n) is 14.5. The third-order valence-electron chi connectivity index (χ3n) is 4.10. The molecule has 1 aliphatic rings. The largest absolute Gasteiger partial charge is 0.493 e. The second kappa shape index (κ2) is 8.21. The smallest absolute Gasteiger partial charge is 0.240 e. The number of hydrogen-bond donors (Lipinski definition) is 2. The number of carbonyl (C=O) groups is 1. The highest BCUT2D eigenvalue weighted by molar-refractivity contribution is 5.86. The molecule has 0 spiro atoms. The van der Waals surface area contributed by atoms with Gasteiger partial charge in [-0.25, -0.2) is 0 Å². The summed E-state index contributed by atoms with van der Waals surface area (Å²) in [6.07, 6.45) is 1.05. The van der Waals surface area contributed by atoms with E-state index in [1.165, 1.54) is 0 Å². The number of hydrogen-bond acceptors (Lipinski definition) is 6. The van der Waals surface area contributed by atoms with Crippen molar-refractivity contribution in [2.24, 2.45) is 5.73 Å². The minimum atomic E-state index is -0.863. The highest BCUT2D eigenvalue weighted by Gasteiger charge is 2.35. The molecule has 3 N–H and O–H groups in total. The van der Waals surface area contributed by atoms with Gasteiger partial charge in [-0.3, -0.25) is 4.79 Å². The Balaban J connectivity index is 2.10. The minimum Gasteiger partial charge on any atom is -0.493 e. The summed E-state index contributed by atoms with van der Waals surface area (Å²) in [6.45, 7) is 3.74. The first-order valence-corrected chi connectivity index (χ1v) is 8.06. The van der Waals surface area contributed by atoms with Gasteiger partial charge < -0.3 is 30.0 Å². The van der Waals surface area contributed by atoms with Crippen LogP contribution in [0.5, 0.6) is 17.2 Å². The molecule has 0 unspecified atom stereocenters. The highest BCUT2D eigenvalue weighted by atomic mass is 16.5. The summed E-state index contributed by atoms with van der Waals surface area (Å²) in [7, 11) is 3.13. The fourth-order valence-electron chi connectivity index (χ4n) is 2.64. The van der Waals surface area contributed by atoms with E-state index in [-0.39, 0.29) is 5.91 Å². The Morgan fingerprint density at radius 3 is 2.33 bits per heavy atom. The lowest BCUT2D eigenvalue weighted by Crippen LogP contribution is -2.56. The van der Waals surface area contributed by atoms with Gasteiger partial charge in [-0.05, 0) is 37.5 Å². The van der Waals surface area contributed by atoms with Crippen molar-refractivity contribution in [1.82, 2.24) is 5.32 Å². The number of carbonyl (C=O) groups excluding carboxylic acids is 1. The SMILES string of the molecule is CCOc1c(OC)cc(CNC(=O)C2(N)CCOCC2)cc1OC. The van der Waals surface area contributed by atoms with Gasteiger partial charge >= 0.3 is 0 Å². The van der Waals surface area contributed by atoms with Gasteiger partial charge in [-0.1, -0.05) is 0 Å². The zero-order valence-corrected chi connectivity index (χ0v) is 14.5. The number of ether oxygens (including phenoxy) is 4. The molecule has 0 aliphatic carbocycles. The molecular formula is C17H26N2O5. The quantitative estimate of drug-likeness (QED) is 0.777. The van der Waals surface area contributed by atoms with E-state index < -0.39 is 5.54 Å². The van der Waals surface area contributed by atoms with E-state index in [4.69, 9.17) is 24.7 Å². The van der Waals surface area contributed by atoms with Gasteiger partial charge in [-0.2, -0.15) is 0 Å². The van der Waals surface area contributed by atoms with Crippen LogP contribution in [0.25, 0.3) is 0 Å². The summed E-state index contributed by atoms with van der Waals surface area (Å²) in [5.41, 5.74) is 6.16. The van der Waals surface area contributed by atoms with Crippen molar-refractivity contribution in [2.75, 3.05) is 34.0 Å². The Labute approximate surface area is 142 Å². The predicted molar refractivity (Wildman–Crippen MR) is 89.5 cm³/mol. The van der Waals surface area contributed by atoms with Crippen LogP contribution >= 0.6 is 0 Å². The number of nitrogens with two attached hydrogens (primary N) is 1. The van der Waals surface area contributed by atoms with Gasteiger partial charge in [0, 0.05) is 19.8 Å². The molecule has 1 aromatic rings. The molecule has 1 heterocycles. The third kappa shape index (κ3) is 4.10. The first-order chi connectivity index (χ1) is 11.5. The van der Waals surface area contributed by atoms with Crippen molar-refractivity contribution >= 4 is 5.91 Å². The van der Waals surface area contributed by atoms with Crippen LogP contribution < -0.4 is 25.3 Å². The van der Waals surface area contributed by atoms with Crippen molar-refractivity contribution in [3.63, 3.8) is 0 Å². The van der Waals surface area contributed by atoms with Crippen LogP contribution in [-0.2, 0) is 16.1 Å². The molecule has 1 saturated heterocycles. The standard InChI is InChI=1S/C17H26N2O5/c1-4-24-15-13(21-2)9-12(10-14(15)22-3)11-19-16(20)17(18)5-7-23-8-6-17/h9-10H,4-8,11,18H2,1-3H3,(H,19,20). The lowest BCUT2D eigenvalue weighted by atomic mass is 9.90. The van der Waals surface area contributed by atoms with E-state index in [1.54, 1.807) is 14.2 Å². The first-order valence-electron chi connectivity index (χ1n) is 8.06. The Morgan fingerprint density at radius 2 is 1.83 bits per heavy atom. The van der Waals surface area contributed by atoms with Crippen molar-refractivity contribution in [3.05, 3.63) is 17.7 Å². The molecule has 134 valence electrons. The number of amides is 1. The Morgan fingerprint density at radius 1 is 1.25 bits per heavy atom. The molecule has 0 aromatic heterocycles. The van der Waals surface area contributed by atoms with Crippen LogP contribution in [-0.4, -0.2) is 45.5 Å². The molecule has 0 radical (unpaired) electrons. The normalized spacial score (nSPS) is 16.3. The fraction of sp³-hybridized carbons (Fsp3) is 0.588. The number of rotatable bonds is 7. The maximum Gasteiger partial charge on any atom is 0.240 e. The van der Waals surface area contributed by atoms with Crippen molar-refractivity contribution < 1.29 is 23.7 Å². The average Bonchev–Trinajstić information content (AvgIpc) is 2.60. The van der Waals surface area contributed by atoms with Gasteiger partial charge in [-0.15, -0.1) is 0 Å². The monoisotopic (exact) mass is 338 g/mol. The van der Waals surface area contributed by atoms with E-state index in [2.05, 4.69) is 5.32 Å². The molecule has 0 saturated carbocycles. The molecule has 2 rings (SSSR count). The molecule has 7 heteroatoms. The summed E-state index contributed by atoms with van der Waals surface area (Å²) in [4.78, 5) is 12.4. The van der Waals surface area contributed by atoms with E-state index in [0.29, 0.717) is 56.5 Å². The topological polar surface area (TPSA) is 92.0 Å². The molecule has 1 aromatic carbocycles. The summed E-state index contributed by atoms with van der Waals surface area (Å²) in [6, 6.07) is 3.64. The van der Waals surface area contributed by atoms with Crippen LogP contribution in [0.2, 0.25) is 0 Å². The van der Waals surface area contributed by atoms with E-state index >= 15 is 0 Å². The number of benzene rings is 1. The molecule has 1 aliphatic heterocycles. The Bertz CT molecular complexity index is 545. The van der Waals surface area contributed by atoms with Crippen LogP contribution in [0, 0.1) is 0 Å². The number of methoxy groups -OCH3 is 2. The van der Waals surface area contributed by atoms with E-state index in [0.717, 1.165) is 5.56 Å². The van der Waals surface area contributed by atoms with Gasteiger partial charge in [0.25, 0.3) is 0 Å². The Hall–Kier alpha value is -1.99. The van der Waals surface area contributed by atoms with Crippen LogP contribution in [0.1, 0.15) is 25.3 Å². The summed E-state index contributed by atoms with van der Waals surface area (Å²) in [5.74, 6) is 1.51. The third-order valence-corrected chi connectivity index (χ3v) is 4.10. The molecule has 7 nitrogen and oxygen atoms in total. The van der Waals surface area contributed by atoms with Crippen LogP contribution in [0.15, 0.2) is 12.1 Å². The lowest BCUT2D eigenvalue weighted by Gasteiger charge is -2.31. The second-order valence-electron chi connectivity index (χ2n) is 5.71. The predicted octanol–water partition coefficient (Wildman–Crippen LogP) is 1.23. The van der Waals surface area contributed by atoms with Gasteiger partial charge in [0.05, 0.1) is 26.4 Å². The lowest BCUT2D eigenvalue weighted by molar-refractivity contribution is -0.129. The molecule has 0 bridgehead atoms. The molecule has 0 atom stereocenters. The van der Waals surface area contributed by atoms with E-state index in [9.17, 15) is 4.79 Å². The van der Waals surface area contributed by atoms with Crippen molar-refractivity contribution in [3.8, 4) is 17.2 Å². The summed E-state index contributed by atoms with van der Waals surface area (Å²) < 4.78 is 21.6. The molecule has 24 heavy (non-hydrogen) atoms. The maximum absolute atomic E-state index is 12.4. The van der Waals surface area contributed by atoms with Gasteiger partial charge in [0.15, 0.2) is 11.5 Å². The van der Waals surface area contributed by atoms with Crippen LogP contribution in [0.4, 0.5) is 0 Å². The summed E-state index contributed by atoms with van der Waals surface area (Å²) >= 11 is 0. The van der Waals surface area contributed by atoms with Crippen LogP contribution in [0.3, 0.4) is 0 Å². The highest BCUT2D eigenvalue weighted by Crippen LogP contribution is 2.38. The first kappa shape index (κ1) is 18.4. The average molecular weight is 338 g/mol. The van der Waals surface area contributed by atoms with Crippen molar-refractivity contribution in [1.29, 1.82) is 0 Å². The van der Waals surface area contributed by atoms with Crippen molar-refractivity contribution in [2.45, 2.75) is 31.8 Å². The second-order valence-corrected chi connectivity index (χ2v) is 5.71. The zero-order chi connectivity index (χ0) is 17.6. The van der Waals surface area contributed by atoms with Gasteiger partial charge in [0.2, 0.25) is 11.7 Å². The molecule has 1 amide bonds. The Kier molecular flexibility index (Phi) is 6.28. The number of nitrogens with one attached hydrogen (secondary N) is 1. The fourth-order valence-corrected chi connectivity index (χ4v) is 2.64. The maximum atomic E-state index is 12.4. The van der Waals surface area contributed by atoms with Gasteiger partial charge in [0.1, 0.15) is 0 Å². The minimum absolute atomic E-state index is 0.169.